The van der Waals surface area contributed by atoms with Crippen LogP contribution in [0.4, 0.5) is 5.69 Å². The van der Waals surface area contributed by atoms with Crippen LogP contribution in [0.25, 0.3) is 10.9 Å². The monoisotopic (exact) mass is 281 g/mol. The second-order valence-corrected chi connectivity index (χ2v) is 5.24. The molecule has 0 aliphatic rings. The van der Waals surface area contributed by atoms with E-state index >= 15 is 0 Å². The van der Waals surface area contributed by atoms with Crippen molar-refractivity contribution in [2.24, 2.45) is 7.05 Å². The number of nitrogens with one attached hydrogen (secondary N) is 1. The van der Waals surface area contributed by atoms with E-state index in [-0.39, 0.29) is 5.91 Å². The van der Waals surface area contributed by atoms with E-state index in [9.17, 15) is 4.79 Å². The Hall–Kier alpha value is -2.49. The third-order valence-electron chi connectivity index (χ3n) is 3.69. The zero-order chi connectivity index (χ0) is 14.7. The number of fused-ring (bicyclic) bond motifs is 1. The maximum absolute atomic E-state index is 12.1. The van der Waals surface area contributed by atoms with E-state index in [0.717, 1.165) is 29.6 Å². The topological polar surface area (TPSA) is 39.0 Å². The van der Waals surface area contributed by atoms with Gasteiger partial charge in [-0.25, -0.2) is 0 Å². The van der Waals surface area contributed by atoms with Gasteiger partial charge in [0.15, 0.2) is 0 Å². The van der Waals surface area contributed by atoms with Gasteiger partial charge in [-0.05, 0) is 36.8 Å². The van der Waals surface area contributed by atoms with Crippen molar-refractivity contribution in [2.45, 2.75) is 19.4 Å². The summed E-state index contributed by atoms with van der Waals surface area (Å²) in [6.07, 6.45) is 7.41. The van der Waals surface area contributed by atoms with Gasteiger partial charge in [-0.15, -0.1) is 0 Å². The van der Waals surface area contributed by atoms with Gasteiger partial charge in [0.25, 0.3) is 0 Å². The second kappa shape index (κ2) is 5.87. The highest BCUT2D eigenvalue weighted by Gasteiger charge is 2.07. The molecule has 0 aliphatic carbocycles. The molecule has 1 N–H and O–H groups in total. The SMILES string of the molecule is Cn1ccc2c(NC(=O)CCCn3cccc3)cccc21. The zero-order valence-corrected chi connectivity index (χ0v) is 12.1. The molecule has 0 spiro atoms. The molecule has 0 saturated heterocycles. The fourth-order valence-electron chi connectivity index (χ4n) is 2.57. The zero-order valence-electron chi connectivity index (χ0n) is 12.1. The third-order valence-corrected chi connectivity index (χ3v) is 3.69. The first kappa shape index (κ1) is 13.5. The van der Waals surface area contributed by atoms with E-state index < -0.39 is 0 Å². The molecule has 3 rings (SSSR count). The number of anilines is 1. The molecule has 0 aliphatic heterocycles. The molecule has 1 aromatic carbocycles. The molecular formula is C17H19N3O. The molecular weight excluding hydrogens is 262 g/mol. The number of hydrogen-bond acceptors (Lipinski definition) is 1. The highest BCUT2D eigenvalue weighted by molar-refractivity contribution is 6.01. The Bertz CT molecular complexity index is 741. The normalized spacial score (nSPS) is 10.9. The minimum atomic E-state index is 0.0681. The minimum absolute atomic E-state index is 0.0681. The number of carbonyl (C=O) groups is 1. The van der Waals surface area contributed by atoms with Crippen molar-refractivity contribution in [2.75, 3.05) is 5.32 Å². The lowest BCUT2D eigenvalue weighted by molar-refractivity contribution is -0.116. The van der Waals surface area contributed by atoms with Crippen molar-refractivity contribution in [3.63, 3.8) is 0 Å². The summed E-state index contributed by atoms with van der Waals surface area (Å²) in [6, 6.07) is 12.0. The fourth-order valence-corrected chi connectivity index (χ4v) is 2.57. The molecule has 0 unspecified atom stereocenters. The van der Waals surface area contributed by atoms with Gasteiger partial charge in [0.2, 0.25) is 5.91 Å². The Labute approximate surface area is 124 Å². The predicted octanol–water partition coefficient (Wildman–Crippen LogP) is 3.40. The van der Waals surface area contributed by atoms with E-state index in [1.807, 2.05) is 56.0 Å². The lowest BCUT2D eigenvalue weighted by Crippen LogP contribution is -2.12. The van der Waals surface area contributed by atoms with E-state index in [1.54, 1.807) is 0 Å². The molecule has 2 heterocycles. The average molecular weight is 281 g/mol. The molecule has 108 valence electrons. The minimum Gasteiger partial charge on any atom is -0.354 e. The fraction of sp³-hybridized carbons (Fsp3) is 0.235. The van der Waals surface area contributed by atoms with Crippen LogP contribution >= 0.6 is 0 Å². The summed E-state index contributed by atoms with van der Waals surface area (Å²) in [5.74, 6) is 0.0681. The van der Waals surface area contributed by atoms with Crippen molar-refractivity contribution in [3.05, 3.63) is 55.0 Å². The van der Waals surface area contributed by atoms with Crippen molar-refractivity contribution < 1.29 is 4.79 Å². The Morgan fingerprint density at radius 3 is 2.71 bits per heavy atom. The smallest absolute Gasteiger partial charge is 0.224 e. The molecule has 0 radical (unpaired) electrons. The van der Waals surface area contributed by atoms with Gasteiger partial charge in [-0.1, -0.05) is 6.07 Å². The van der Waals surface area contributed by atoms with Gasteiger partial charge in [0.1, 0.15) is 0 Å². The second-order valence-electron chi connectivity index (χ2n) is 5.24. The lowest BCUT2D eigenvalue weighted by Gasteiger charge is -2.07. The van der Waals surface area contributed by atoms with Crippen LogP contribution in [-0.4, -0.2) is 15.0 Å². The summed E-state index contributed by atoms with van der Waals surface area (Å²) >= 11 is 0. The first-order chi connectivity index (χ1) is 10.2. The Kier molecular flexibility index (Phi) is 3.77. The number of hydrogen-bond donors (Lipinski definition) is 1. The van der Waals surface area contributed by atoms with Gasteiger partial charge in [-0.2, -0.15) is 0 Å². The quantitative estimate of drug-likeness (QED) is 0.765. The van der Waals surface area contributed by atoms with Crippen molar-refractivity contribution in [1.82, 2.24) is 9.13 Å². The van der Waals surface area contributed by atoms with Gasteiger partial charge in [-0.3, -0.25) is 4.79 Å². The molecule has 3 aromatic rings. The van der Waals surface area contributed by atoms with Crippen LogP contribution in [-0.2, 0) is 18.4 Å². The van der Waals surface area contributed by atoms with Crippen LogP contribution in [0, 0.1) is 0 Å². The van der Waals surface area contributed by atoms with Crippen LogP contribution in [0.5, 0.6) is 0 Å². The van der Waals surface area contributed by atoms with Crippen LogP contribution in [0.15, 0.2) is 55.0 Å². The number of aryl methyl sites for hydroxylation is 2. The van der Waals surface area contributed by atoms with Gasteiger partial charge < -0.3 is 14.5 Å². The number of nitrogens with zero attached hydrogens (tertiary/aromatic N) is 2. The van der Waals surface area contributed by atoms with Crippen LogP contribution < -0.4 is 5.32 Å². The number of rotatable bonds is 5. The van der Waals surface area contributed by atoms with E-state index in [1.165, 1.54) is 0 Å². The standard InChI is InChI=1S/C17H19N3O/c1-19-13-9-14-15(6-4-7-16(14)19)18-17(21)8-5-12-20-10-2-3-11-20/h2-4,6-7,9-11,13H,5,8,12H2,1H3,(H,18,21). The largest absolute Gasteiger partial charge is 0.354 e. The predicted molar refractivity (Wildman–Crippen MR) is 85.2 cm³/mol. The molecule has 0 atom stereocenters. The Morgan fingerprint density at radius 2 is 1.90 bits per heavy atom. The van der Waals surface area contributed by atoms with Crippen LogP contribution in [0.1, 0.15) is 12.8 Å². The van der Waals surface area contributed by atoms with E-state index in [0.29, 0.717) is 6.42 Å². The van der Waals surface area contributed by atoms with Gasteiger partial charge in [0.05, 0.1) is 5.69 Å². The molecule has 0 fully saturated rings. The maximum Gasteiger partial charge on any atom is 0.224 e. The van der Waals surface area contributed by atoms with Crippen molar-refractivity contribution >= 4 is 22.5 Å². The Balaban J connectivity index is 1.61. The van der Waals surface area contributed by atoms with E-state index in [4.69, 9.17) is 0 Å². The molecule has 4 nitrogen and oxygen atoms in total. The molecule has 2 aromatic heterocycles. The van der Waals surface area contributed by atoms with Crippen molar-refractivity contribution in [3.8, 4) is 0 Å². The van der Waals surface area contributed by atoms with E-state index in [2.05, 4.69) is 20.5 Å². The summed E-state index contributed by atoms with van der Waals surface area (Å²) in [4.78, 5) is 12.1. The summed E-state index contributed by atoms with van der Waals surface area (Å²) in [7, 11) is 2.00. The van der Waals surface area contributed by atoms with Gasteiger partial charge in [0, 0.05) is 49.5 Å². The number of aromatic nitrogens is 2. The van der Waals surface area contributed by atoms with Crippen LogP contribution in [0.2, 0.25) is 0 Å². The summed E-state index contributed by atoms with van der Waals surface area (Å²) < 4.78 is 4.14. The molecule has 1 amide bonds. The molecule has 0 saturated carbocycles. The highest BCUT2D eigenvalue weighted by Crippen LogP contribution is 2.24. The third kappa shape index (κ3) is 2.99. The Morgan fingerprint density at radius 1 is 1.10 bits per heavy atom. The average Bonchev–Trinajstić information content (AvgIpc) is 3.10. The lowest BCUT2D eigenvalue weighted by atomic mass is 10.2. The number of amides is 1. The summed E-state index contributed by atoms with van der Waals surface area (Å²) in [6.45, 7) is 0.871. The number of carbonyl (C=O) groups excluding carboxylic acids is 1. The first-order valence-electron chi connectivity index (χ1n) is 7.19. The van der Waals surface area contributed by atoms with Crippen molar-refractivity contribution in [1.29, 1.82) is 0 Å². The number of benzene rings is 1. The molecule has 4 heteroatoms. The molecule has 21 heavy (non-hydrogen) atoms. The molecule has 0 bridgehead atoms. The summed E-state index contributed by atoms with van der Waals surface area (Å²) in [5, 5.41) is 4.10. The van der Waals surface area contributed by atoms with Crippen LogP contribution in [0.3, 0.4) is 0 Å². The highest BCUT2D eigenvalue weighted by atomic mass is 16.1. The van der Waals surface area contributed by atoms with Gasteiger partial charge >= 0.3 is 0 Å². The first-order valence-corrected chi connectivity index (χ1v) is 7.19. The maximum atomic E-state index is 12.1. The summed E-state index contributed by atoms with van der Waals surface area (Å²) in [5.41, 5.74) is 2.01.